The largest absolute Gasteiger partial charge is 0.494 e. The Bertz CT molecular complexity index is 606. The molecule has 0 saturated heterocycles. The van der Waals surface area contributed by atoms with E-state index in [-0.39, 0.29) is 5.78 Å². The van der Waals surface area contributed by atoms with Gasteiger partial charge in [-0.1, -0.05) is 11.8 Å². The molecule has 0 atom stereocenters. The Labute approximate surface area is 136 Å². The first-order valence-corrected chi connectivity index (χ1v) is 8.25. The summed E-state index contributed by atoms with van der Waals surface area (Å²) in [6.45, 7) is 9.16. The number of benzene rings is 1. The van der Waals surface area contributed by atoms with Crippen molar-refractivity contribution in [1.29, 1.82) is 0 Å². The third kappa shape index (κ3) is 3.65. The lowest BCUT2D eigenvalue weighted by molar-refractivity contribution is -0.113. The van der Waals surface area contributed by atoms with Gasteiger partial charge in [-0.3, -0.25) is 4.79 Å². The van der Waals surface area contributed by atoms with E-state index < -0.39 is 0 Å². The number of allylic oxidation sites excluding steroid dienone is 2. The van der Waals surface area contributed by atoms with Crippen molar-refractivity contribution in [3.63, 3.8) is 0 Å². The summed E-state index contributed by atoms with van der Waals surface area (Å²) in [5, 5.41) is 4.32. The minimum absolute atomic E-state index is 0.116. The van der Waals surface area contributed by atoms with Crippen molar-refractivity contribution in [1.82, 2.24) is 4.90 Å². The maximum atomic E-state index is 11.7. The molecule has 1 aromatic carbocycles. The smallest absolute Gasteiger partial charge is 0.168 e. The Morgan fingerprint density at radius 2 is 2.00 bits per heavy atom. The van der Waals surface area contributed by atoms with Gasteiger partial charge >= 0.3 is 0 Å². The van der Waals surface area contributed by atoms with Gasteiger partial charge in [0.15, 0.2) is 5.78 Å². The van der Waals surface area contributed by atoms with E-state index in [1.165, 1.54) is 11.8 Å². The van der Waals surface area contributed by atoms with E-state index in [9.17, 15) is 4.79 Å². The zero-order chi connectivity index (χ0) is 16.1. The quantitative estimate of drug-likeness (QED) is 0.852. The second-order valence-electron chi connectivity index (χ2n) is 4.90. The van der Waals surface area contributed by atoms with Gasteiger partial charge < -0.3 is 15.0 Å². The lowest BCUT2D eigenvalue weighted by atomic mass is 10.3. The molecule has 0 spiro atoms. The molecule has 22 heavy (non-hydrogen) atoms. The zero-order valence-corrected chi connectivity index (χ0v) is 14.3. The molecule has 1 N–H and O–H groups in total. The van der Waals surface area contributed by atoms with Crippen LogP contribution in [0.15, 0.2) is 46.1 Å². The van der Waals surface area contributed by atoms with Crippen molar-refractivity contribution >= 4 is 23.2 Å². The number of anilines is 1. The molecule has 0 bridgehead atoms. The Morgan fingerprint density at radius 3 is 2.55 bits per heavy atom. The van der Waals surface area contributed by atoms with E-state index >= 15 is 0 Å². The average Bonchev–Trinajstić information content (AvgIpc) is 2.83. The lowest BCUT2D eigenvalue weighted by Gasteiger charge is -2.19. The first-order chi connectivity index (χ1) is 10.6. The molecule has 4 nitrogen and oxygen atoms in total. The average molecular weight is 318 g/mol. The molecule has 5 heteroatoms. The van der Waals surface area contributed by atoms with E-state index in [1.54, 1.807) is 6.92 Å². The van der Waals surface area contributed by atoms with Crippen LogP contribution in [0.1, 0.15) is 27.7 Å². The highest BCUT2D eigenvalue weighted by Crippen LogP contribution is 2.41. The van der Waals surface area contributed by atoms with Crippen molar-refractivity contribution < 1.29 is 9.53 Å². The summed E-state index contributed by atoms with van der Waals surface area (Å²) >= 11 is 1.52. The molecule has 0 aromatic heterocycles. The van der Waals surface area contributed by atoms with Gasteiger partial charge in [-0.05, 0) is 52.0 Å². The Hall–Kier alpha value is -1.88. The van der Waals surface area contributed by atoms with Crippen LogP contribution in [0.2, 0.25) is 0 Å². The van der Waals surface area contributed by atoms with E-state index in [4.69, 9.17) is 4.74 Å². The number of nitrogens with zero attached hydrogens (tertiary/aromatic N) is 1. The summed E-state index contributed by atoms with van der Waals surface area (Å²) in [7, 11) is 0. The Balaban J connectivity index is 2.08. The fourth-order valence-corrected chi connectivity index (χ4v) is 3.41. The molecule has 0 unspecified atom stereocenters. The highest BCUT2D eigenvalue weighted by molar-refractivity contribution is 8.07. The molecular weight excluding hydrogens is 296 g/mol. The SMILES string of the molecule is CCOc1ccc(N/C=C2\SC(C(C)=O)=C(C)N2CC)cc1. The summed E-state index contributed by atoms with van der Waals surface area (Å²) in [6.07, 6.45) is 1.95. The van der Waals surface area contributed by atoms with Gasteiger partial charge in [0, 0.05) is 24.1 Å². The minimum atomic E-state index is 0.116. The van der Waals surface area contributed by atoms with Crippen LogP contribution in [0, 0.1) is 0 Å². The number of hydrogen-bond donors (Lipinski definition) is 1. The standard InChI is InChI=1S/C17H22N2O2S/c1-5-19-12(3)17(13(4)20)22-16(19)11-18-14-7-9-15(10-8-14)21-6-2/h7-11,18H,5-6H2,1-4H3/b16-11-. The normalized spacial score (nSPS) is 16.4. The molecule has 1 aliphatic heterocycles. The zero-order valence-electron chi connectivity index (χ0n) is 13.5. The molecule has 0 saturated carbocycles. The van der Waals surface area contributed by atoms with Crippen molar-refractivity contribution in [2.75, 3.05) is 18.5 Å². The number of ketones is 1. The number of carbonyl (C=O) groups is 1. The molecule has 2 rings (SSSR count). The molecule has 1 aromatic rings. The van der Waals surface area contributed by atoms with Gasteiger partial charge in [0.2, 0.25) is 0 Å². The number of Topliss-reactive ketones (excluding diaryl/α,β-unsaturated/α-hetero) is 1. The highest BCUT2D eigenvalue weighted by atomic mass is 32.2. The number of nitrogens with one attached hydrogen (secondary N) is 1. The first-order valence-electron chi connectivity index (χ1n) is 7.43. The van der Waals surface area contributed by atoms with Gasteiger partial charge in [0.05, 0.1) is 16.5 Å². The number of rotatable bonds is 6. The number of thioether (sulfide) groups is 1. The van der Waals surface area contributed by atoms with Gasteiger partial charge in [0.1, 0.15) is 5.75 Å². The van der Waals surface area contributed by atoms with E-state index in [2.05, 4.69) is 17.1 Å². The van der Waals surface area contributed by atoms with Crippen LogP contribution >= 0.6 is 11.8 Å². The topological polar surface area (TPSA) is 41.6 Å². The predicted molar refractivity (Wildman–Crippen MR) is 92.7 cm³/mol. The highest BCUT2D eigenvalue weighted by Gasteiger charge is 2.26. The summed E-state index contributed by atoms with van der Waals surface area (Å²) in [4.78, 5) is 14.6. The van der Waals surface area contributed by atoms with Crippen LogP contribution in [0.4, 0.5) is 5.69 Å². The van der Waals surface area contributed by atoms with Crippen LogP contribution in [0.25, 0.3) is 0 Å². The summed E-state index contributed by atoms with van der Waals surface area (Å²) in [5.41, 5.74) is 2.02. The van der Waals surface area contributed by atoms with Gasteiger partial charge in [-0.15, -0.1) is 0 Å². The van der Waals surface area contributed by atoms with Gasteiger partial charge in [0.25, 0.3) is 0 Å². The van der Waals surface area contributed by atoms with E-state index in [1.807, 2.05) is 44.3 Å². The maximum absolute atomic E-state index is 11.7. The third-order valence-electron chi connectivity index (χ3n) is 3.37. The van der Waals surface area contributed by atoms with Crippen LogP contribution in [0.3, 0.4) is 0 Å². The lowest BCUT2D eigenvalue weighted by Crippen LogP contribution is -2.16. The summed E-state index contributed by atoms with van der Waals surface area (Å²) < 4.78 is 5.43. The van der Waals surface area contributed by atoms with Crippen LogP contribution in [-0.2, 0) is 4.79 Å². The molecule has 0 fully saturated rings. The van der Waals surface area contributed by atoms with Crippen molar-refractivity contribution in [3.05, 3.63) is 46.1 Å². The van der Waals surface area contributed by atoms with Gasteiger partial charge in [-0.2, -0.15) is 0 Å². The molecule has 0 aliphatic carbocycles. The fraction of sp³-hybridized carbons (Fsp3) is 0.353. The number of carbonyl (C=O) groups excluding carboxylic acids is 1. The monoisotopic (exact) mass is 318 g/mol. The third-order valence-corrected chi connectivity index (χ3v) is 4.70. The Kier molecular flexibility index (Phi) is 5.55. The minimum Gasteiger partial charge on any atom is -0.494 e. The number of hydrogen-bond acceptors (Lipinski definition) is 5. The van der Waals surface area contributed by atoms with Crippen LogP contribution in [-0.4, -0.2) is 23.8 Å². The fourth-order valence-electron chi connectivity index (χ4n) is 2.31. The Morgan fingerprint density at radius 1 is 1.32 bits per heavy atom. The van der Waals surface area contributed by atoms with Crippen LogP contribution in [0.5, 0.6) is 5.75 Å². The van der Waals surface area contributed by atoms with Crippen LogP contribution < -0.4 is 10.1 Å². The summed E-state index contributed by atoms with van der Waals surface area (Å²) in [6, 6.07) is 7.83. The molecule has 0 radical (unpaired) electrons. The van der Waals surface area contributed by atoms with Crippen molar-refractivity contribution in [2.45, 2.75) is 27.7 Å². The first kappa shape index (κ1) is 16.5. The second kappa shape index (κ2) is 7.40. The van der Waals surface area contributed by atoms with Crippen molar-refractivity contribution in [2.24, 2.45) is 0 Å². The van der Waals surface area contributed by atoms with Crippen molar-refractivity contribution in [3.8, 4) is 5.75 Å². The second-order valence-corrected chi connectivity index (χ2v) is 5.93. The van der Waals surface area contributed by atoms with E-state index in [0.29, 0.717) is 6.61 Å². The van der Waals surface area contributed by atoms with E-state index in [0.717, 1.165) is 33.6 Å². The van der Waals surface area contributed by atoms with Gasteiger partial charge in [-0.25, -0.2) is 0 Å². The number of ether oxygens (including phenoxy) is 1. The predicted octanol–water partition coefficient (Wildman–Crippen LogP) is 4.19. The maximum Gasteiger partial charge on any atom is 0.168 e. The summed E-state index contributed by atoms with van der Waals surface area (Å²) in [5.74, 6) is 0.980. The molecule has 0 amide bonds. The molecule has 1 heterocycles. The molecular formula is C17H22N2O2S. The molecule has 118 valence electrons. The molecule has 1 aliphatic rings.